The smallest absolute Gasteiger partial charge is 0.154 e. The maximum absolute atomic E-state index is 12.3. The highest BCUT2D eigenvalue weighted by Gasteiger charge is 2.38. The van der Waals surface area contributed by atoms with E-state index >= 15 is 0 Å². The third kappa shape index (κ3) is 3.54. The molecule has 2 atom stereocenters. The molecule has 0 aliphatic carbocycles. The fourth-order valence-electron chi connectivity index (χ4n) is 2.90. The number of rotatable bonds is 6. The van der Waals surface area contributed by atoms with Gasteiger partial charge in [-0.05, 0) is 12.0 Å². The monoisotopic (exact) mass is 273 g/mol. The van der Waals surface area contributed by atoms with Crippen molar-refractivity contribution in [2.24, 2.45) is 5.92 Å². The lowest BCUT2D eigenvalue weighted by atomic mass is 10.00. The number of ketones is 2. The number of carbonyl (C=O) groups is 2. The van der Waals surface area contributed by atoms with Crippen LogP contribution in [-0.4, -0.2) is 29.1 Å². The second-order valence-electron chi connectivity index (χ2n) is 5.73. The van der Waals surface area contributed by atoms with Crippen molar-refractivity contribution in [1.29, 1.82) is 0 Å². The Bertz CT molecular complexity index is 469. The quantitative estimate of drug-likeness (QED) is 0.800. The highest BCUT2D eigenvalue weighted by molar-refractivity contribution is 5.93. The maximum Gasteiger partial charge on any atom is 0.154 e. The molecule has 0 N–H and O–H groups in total. The van der Waals surface area contributed by atoms with Gasteiger partial charge in [0.25, 0.3) is 0 Å². The summed E-state index contributed by atoms with van der Waals surface area (Å²) in [6.07, 6.45) is 1.81. The minimum Gasteiger partial charge on any atom is -0.300 e. The second kappa shape index (κ2) is 6.80. The van der Waals surface area contributed by atoms with Gasteiger partial charge in [-0.3, -0.25) is 14.5 Å². The number of carbonyl (C=O) groups excluding carboxylic acids is 2. The average molecular weight is 273 g/mol. The van der Waals surface area contributed by atoms with Crippen LogP contribution in [0, 0.1) is 5.92 Å². The molecule has 20 heavy (non-hydrogen) atoms. The van der Waals surface area contributed by atoms with Gasteiger partial charge in [-0.25, -0.2) is 0 Å². The predicted molar refractivity (Wildman–Crippen MR) is 79.3 cm³/mol. The van der Waals surface area contributed by atoms with Crippen LogP contribution in [-0.2, 0) is 16.1 Å². The minimum atomic E-state index is -0.218. The minimum absolute atomic E-state index is 0.0399. The molecule has 0 bridgehead atoms. The van der Waals surface area contributed by atoms with E-state index in [2.05, 4.69) is 17.0 Å². The van der Waals surface area contributed by atoms with Gasteiger partial charge < -0.3 is 0 Å². The highest BCUT2D eigenvalue weighted by atomic mass is 16.1. The van der Waals surface area contributed by atoms with Crippen molar-refractivity contribution in [3.63, 3.8) is 0 Å². The van der Waals surface area contributed by atoms with Crippen LogP contribution in [0.2, 0.25) is 0 Å². The normalized spacial score (nSPS) is 23.2. The average Bonchev–Trinajstić information content (AvgIpc) is 2.68. The molecule has 3 nitrogen and oxygen atoms in total. The lowest BCUT2D eigenvalue weighted by Crippen LogP contribution is -2.34. The van der Waals surface area contributed by atoms with Crippen molar-refractivity contribution in [3.8, 4) is 0 Å². The summed E-state index contributed by atoms with van der Waals surface area (Å²) >= 11 is 0. The summed E-state index contributed by atoms with van der Waals surface area (Å²) in [6.45, 7) is 5.47. The number of likely N-dealkylation sites (tertiary alicyclic amines) is 1. The second-order valence-corrected chi connectivity index (χ2v) is 5.73. The fraction of sp³-hybridized carbons (Fsp3) is 0.529. The molecule has 1 heterocycles. The van der Waals surface area contributed by atoms with Crippen LogP contribution in [0.5, 0.6) is 0 Å². The zero-order chi connectivity index (χ0) is 14.5. The van der Waals surface area contributed by atoms with E-state index in [1.54, 1.807) is 0 Å². The van der Waals surface area contributed by atoms with Crippen molar-refractivity contribution < 1.29 is 9.59 Å². The Morgan fingerprint density at radius 1 is 1.30 bits per heavy atom. The molecule has 1 aliphatic heterocycles. The fourth-order valence-corrected chi connectivity index (χ4v) is 2.90. The third-order valence-corrected chi connectivity index (χ3v) is 3.94. The van der Waals surface area contributed by atoms with E-state index in [9.17, 15) is 9.59 Å². The first-order valence-electron chi connectivity index (χ1n) is 7.45. The van der Waals surface area contributed by atoms with Gasteiger partial charge >= 0.3 is 0 Å². The number of Topliss-reactive ketones (excluding diaryl/α,β-unsaturated/α-hetero) is 2. The molecular weight excluding hydrogens is 250 g/mol. The molecule has 1 saturated heterocycles. The number of nitrogens with zero attached hydrogens (tertiary/aromatic N) is 1. The van der Waals surface area contributed by atoms with Gasteiger partial charge in [0.1, 0.15) is 5.78 Å². The van der Waals surface area contributed by atoms with Crippen molar-refractivity contribution in [3.05, 3.63) is 35.9 Å². The summed E-state index contributed by atoms with van der Waals surface area (Å²) in [7, 11) is 0. The van der Waals surface area contributed by atoms with Crippen molar-refractivity contribution >= 4 is 11.6 Å². The standard InChI is InChI=1S/C17H23NO2/c1-3-7-15(19)10-16-17(20)13(2)11-18(16)12-14-8-5-4-6-9-14/h4-6,8-9,13,16H,3,7,10-12H2,1-2H3/t13?,16-/m0/s1. The van der Waals surface area contributed by atoms with Crippen LogP contribution in [0.1, 0.15) is 38.7 Å². The van der Waals surface area contributed by atoms with E-state index in [1.807, 2.05) is 32.0 Å². The molecule has 108 valence electrons. The number of benzene rings is 1. The molecule has 2 rings (SSSR count). The van der Waals surface area contributed by atoms with Crippen LogP contribution in [0.4, 0.5) is 0 Å². The van der Waals surface area contributed by atoms with E-state index in [0.29, 0.717) is 12.8 Å². The largest absolute Gasteiger partial charge is 0.300 e. The first-order chi connectivity index (χ1) is 9.61. The van der Waals surface area contributed by atoms with Gasteiger partial charge in [-0.1, -0.05) is 44.2 Å². The summed E-state index contributed by atoms with van der Waals surface area (Å²) in [4.78, 5) is 26.3. The molecule has 0 radical (unpaired) electrons. The lowest BCUT2D eigenvalue weighted by molar-refractivity contribution is -0.127. The first-order valence-corrected chi connectivity index (χ1v) is 7.45. The van der Waals surface area contributed by atoms with Crippen molar-refractivity contribution in [2.45, 2.75) is 45.7 Å². The molecule has 1 fully saturated rings. The summed E-state index contributed by atoms with van der Waals surface area (Å²) in [5.74, 6) is 0.474. The summed E-state index contributed by atoms with van der Waals surface area (Å²) < 4.78 is 0. The predicted octanol–water partition coefficient (Wildman–Crippen LogP) is 2.84. The van der Waals surface area contributed by atoms with Gasteiger partial charge in [0.15, 0.2) is 5.78 Å². The molecule has 1 unspecified atom stereocenters. The molecule has 0 aromatic heterocycles. The van der Waals surface area contributed by atoms with E-state index in [0.717, 1.165) is 19.5 Å². The van der Waals surface area contributed by atoms with E-state index < -0.39 is 0 Å². The molecule has 0 spiro atoms. The van der Waals surface area contributed by atoms with Gasteiger partial charge in [-0.15, -0.1) is 0 Å². The van der Waals surface area contributed by atoms with Gasteiger partial charge in [0.05, 0.1) is 6.04 Å². The Morgan fingerprint density at radius 3 is 2.65 bits per heavy atom. The number of hydrogen-bond acceptors (Lipinski definition) is 3. The molecule has 0 saturated carbocycles. The topological polar surface area (TPSA) is 37.4 Å². The van der Waals surface area contributed by atoms with Crippen LogP contribution < -0.4 is 0 Å². The van der Waals surface area contributed by atoms with Gasteiger partial charge in [0, 0.05) is 31.8 Å². The van der Waals surface area contributed by atoms with E-state index in [4.69, 9.17) is 0 Å². The van der Waals surface area contributed by atoms with Crippen LogP contribution in [0.3, 0.4) is 0 Å². The SMILES string of the molecule is CCCC(=O)C[C@H]1C(=O)C(C)CN1Cc1ccccc1. The Morgan fingerprint density at radius 2 is 2.00 bits per heavy atom. The zero-order valence-electron chi connectivity index (χ0n) is 12.3. The maximum atomic E-state index is 12.3. The molecule has 0 amide bonds. The Balaban J connectivity index is 2.05. The van der Waals surface area contributed by atoms with E-state index in [1.165, 1.54) is 5.56 Å². The van der Waals surface area contributed by atoms with Crippen molar-refractivity contribution in [2.75, 3.05) is 6.54 Å². The zero-order valence-corrected chi connectivity index (χ0v) is 12.3. The van der Waals surface area contributed by atoms with Gasteiger partial charge in [-0.2, -0.15) is 0 Å². The van der Waals surface area contributed by atoms with Crippen LogP contribution in [0.25, 0.3) is 0 Å². The summed E-state index contributed by atoms with van der Waals surface area (Å²) in [5, 5.41) is 0. The molecule has 1 aromatic carbocycles. The summed E-state index contributed by atoms with van der Waals surface area (Å²) in [5.41, 5.74) is 1.20. The summed E-state index contributed by atoms with van der Waals surface area (Å²) in [6, 6.07) is 9.92. The molecule has 1 aliphatic rings. The first kappa shape index (κ1) is 14.9. The lowest BCUT2D eigenvalue weighted by Gasteiger charge is -2.22. The van der Waals surface area contributed by atoms with Crippen LogP contribution >= 0.6 is 0 Å². The third-order valence-electron chi connectivity index (χ3n) is 3.94. The number of hydrogen-bond donors (Lipinski definition) is 0. The Hall–Kier alpha value is -1.48. The molecule has 3 heteroatoms. The Kier molecular flexibility index (Phi) is 5.07. The molecular formula is C17H23NO2. The van der Waals surface area contributed by atoms with Gasteiger partial charge in [0.2, 0.25) is 0 Å². The van der Waals surface area contributed by atoms with E-state index in [-0.39, 0.29) is 23.5 Å². The van der Waals surface area contributed by atoms with Crippen LogP contribution in [0.15, 0.2) is 30.3 Å². The molecule has 1 aromatic rings. The van der Waals surface area contributed by atoms with Crippen molar-refractivity contribution in [1.82, 2.24) is 4.90 Å². The highest BCUT2D eigenvalue weighted by Crippen LogP contribution is 2.24. The Labute approximate surface area is 121 Å².